The Morgan fingerprint density at radius 2 is 1.03 bits per heavy atom. The second-order valence-corrected chi connectivity index (χ2v) is 9.91. The molecule has 8 aromatic rings. The van der Waals surface area contributed by atoms with Gasteiger partial charge in [0.25, 0.3) is 0 Å². The van der Waals surface area contributed by atoms with Crippen LogP contribution in [0.5, 0.6) is 0 Å². The topological polar surface area (TPSA) is 9.86 Å². The van der Waals surface area contributed by atoms with Crippen LogP contribution in [0.2, 0.25) is 0 Å². The molecule has 0 radical (unpaired) electrons. The van der Waals surface area contributed by atoms with E-state index in [4.69, 9.17) is 0 Å². The monoisotopic (exact) mass is 484 g/mol. The number of aromatic nitrogens is 2. The maximum absolute atomic E-state index is 2.40. The predicted molar refractivity (Wildman–Crippen MR) is 161 cm³/mol. The lowest BCUT2D eigenvalue weighted by Gasteiger charge is -2.10. The molecule has 8 rings (SSSR count). The van der Waals surface area contributed by atoms with E-state index in [1.165, 1.54) is 66.0 Å². The molecule has 0 unspecified atom stereocenters. The van der Waals surface area contributed by atoms with Crippen molar-refractivity contribution in [1.29, 1.82) is 0 Å². The summed E-state index contributed by atoms with van der Waals surface area (Å²) in [4.78, 5) is 0. The smallest absolute Gasteiger partial charge is 0.0547 e. The number of hydrogen-bond donors (Lipinski definition) is 0. The zero-order chi connectivity index (χ0) is 25.1. The van der Waals surface area contributed by atoms with Crippen molar-refractivity contribution in [2.75, 3.05) is 0 Å². The lowest BCUT2D eigenvalue weighted by Crippen LogP contribution is -1.94. The van der Waals surface area contributed by atoms with Crippen molar-refractivity contribution in [3.63, 3.8) is 0 Å². The van der Waals surface area contributed by atoms with Crippen molar-refractivity contribution in [2.45, 2.75) is 0 Å². The molecule has 0 aliphatic carbocycles. The molecule has 0 amide bonds. The maximum atomic E-state index is 2.40. The van der Waals surface area contributed by atoms with Crippen LogP contribution < -0.4 is 0 Å². The van der Waals surface area contributed by atoms with Crippen LogP contribution in [-0.4, -0.2) is 9.13 Å². The first-order valence-corrected chi connectivity index (χ1v) is 13.0. The van der Waals surface area contributed by atoms with Gasteiger partial charge in [-0.2, -0.15) is 0 Å². The van der Waals surface area contributed by atoms with E-state index in [9.17, 15) is 0 Å². The van der Waals surface area contributed by atoms with E-state index < -0.39 is 0 Å². The third-order valence-electron chi connectivity index (χ3n) is 7.71. The van der Waals surface area contributed by atoms with Crippen LogP contribution in [0.25, 0.3) is 66.0 Å². The van der Waals surface area contributed by atoms with E-state index in [2.05, 4.69) is 155 Å². The minimum atomic E-state index is 1.17. The van der Waals surface area contributed by atoms with Crippen LogP contribution >= 0.6 is 0 Å². The average Bonchev–Trinajstić information content (AvgIpc) is 3.54. The highest BCUT2D eigenvalue weighted by Crippen LogP contribution is 2.37. The molecule has 0 bridgehead atoms. The molecule has 0 spiro atoms. The highest BCUT2D eigenvalue weighted by atomic mass is 15.0. The summed E-state index contributed by atoms with van der Waals surface area (Å²) in [5.74, 6) is 0. The molecule has 6 aromatic carbocycles. The van der Waals surface area contributed by atoms with E-state index >= 15 is 0 Å². The first-order chi connectivity index (χ1) is 18.8. The second kappa shape index (κ2) is 8.22. The molecule has 38 heavy (non-hydrogen) atoms. The summed E-state index contributed by atoms with van der Waals surface area (Å²) in [6.07, 6.45) is 2.17. The van der Waals surface area contributed by atoms with Crippen molar-refractivity contribution in [3.8, 4) is 22.5 Å². The summed E-state index contributed by atoms with van der Waals surface area (Å²) in [6, 6.07) is 50.4. The fraction of sp³-hybridized carbons (Fsp3) is 0. The van der Waals surface area contributed by atoms with Crippen LogP contribution in [0.1, 0.15) is 0 Å². The van der Waals surface area contributed by atoms with Crippen LogP contribution in [0.15, 0.2) is 146 Å². The second-order valence-electron chi connectivity index (χ2n) is 9.91. The highest BCUT2D eigenvalue weighted by Gasteiger charge is 2.14. The van der Waals surface area contributed by atoms with Gasteiger partial charge in [-0.15, -0.1) is 0 Å². The molecule has 0 aliphatic rings. The molecular weight excluding hydrogens is 460 g/mol. The number of nitrogens with zero attached hydrogens (tertiary/aromatic N) is 2. The van der Waals surface area contributed by atoms with Crippen molar-refractivity contribution < 1.29 is 0 Å². The van der Waals surface area contributed by atoms with E-state index in [1.54, 1.807) is 0 Å². The first-order valence-electron chi connectivity index (χ1n) is 13.0. The fourth-order valence-electron chi connectivity index (χ4n) is 5.87. The molecule has 0 saturated carbocycles. The standard InChI is InChI=1S/C36H24N2/c1-3-9-25(10-4-1)26-15-17-31(18-16-26)38-34-14-8-7-13-32(34)33-22-28-21-27-19-20-37(30-11-5-2-6-12-30)35(27)23-29(28)24-36(33)38/h1-24H. The Kier molecular flexibility index (Phi) is 4.55. The number of benzene rings is 6. The molecule has 2 heteroatoms. The minimum Gasteiger partial charge on any atom is -0.317 e. The van der Waals surface area contributed by atoms with Gasteiger partial charge in [0, 0.05) is 33.7 Å². The summed E-state index contributed by atoms with van der Waals surface area (Å²) in [5.41, 5.74) is 8.48. The van der Waals surface area contributed by atoms with Gasteiger partial charge in [0.15, 0.2) is 0 Å². The van der Waals surface area contributed by atoms with Gasteiger partial charge in [-0.3, -0.25) is 0 Å². The summed E-state index contributed by atoms with van der Waals surface area (Å²) < 4.78 is 4.68. The van der Waals surface area contributed by atoms with E-state index in [-0.39, 0.29) is 0 Å². The highest BCUT2D eigenvalue weighted by molar-refractivity contribution is 6.15. The number of para-hydroxylation sites is 2. The van der Waals surface area contributed by atoms with Gasteiger partial charge in [-0.05, 0) is 82.6 Å². The first kappa shape index (κ1) is 21.0. The van der Waals surface area contributed by atoms with Gasteiger partial charge in [0.1, 0.15) is 0 Å². The molecule has 178 valence electrons. The quantitative estimate of drug-likeness (QED) is 0.236. The van der Waals surface area contributed by atoms with Gasteiger partial charge >= 0.3 is 0 Å². The summed E-state index contributed by atoms with van der Waals surface area (Å²) in [7, 11) is 0. The Bertz CT molecular complexity index is 2100. The van der Waals surface area contributed by atoms with Crippen molar-refractivity contribution in [2.24, 2.45) is 0 Å². The minimum absolute atomic E-state index is 1.17. The molecule has 0 N–H and O–H groups in total. The lowest BCUT2D eigenvalue weighted by molar-refractivity contribution is 1.13. The van der Waals surface area contributed by atoms with E-state index in [0.717, 1.165) is 0 Å². The SMILES string of the molecule is c1ccc(-c2ccc(-n3c4ccccc4c4cc5cc6ccn(-c7ccccc7)c6cc5cc43)cc2)cc1. The molecule has 2 aromatic heterocycles. The average molecular weight is 485 g/mol. The molecule has 0 atom stereocenters. The molecule has 2 nitrogen and oxygen atoms in total. The van der Waals surface area contributed by atoms with Gasteiger partial charge in [-0.25, -0.2) is 0 Å². The van der Waals surface area contributed by atoms with E-state index in [0.29, 0.717) is 0 Å². The Morgan fingerprint density at radius 3 is 1.84 bits per heavy atom. The van der Waals surface area contributed by atoms with E-state index in [1.807, 2.05) is 0 Å². The van der Waals surface area contributed by atoms with Crippen molar-refractivity contribution in [1.82, 2.24) is 9.13 Å². The van der Waals surface area contributed by atoms with Crippen molar-refractivity contribution >= 4 is 43.5 Å². The number of hydrogen-bond acceptors (Lipinski definition) is 0. The zero-order valence-corrected chi connectivity index (χ0v) is 20.8. The molecule has 0 saturated heterocycles. The molecule has 2 heterocycles. The largest absolute Gasteiger partial charge is 0.317 e. The number of rotatable bonds is 3. The molecule has 0 fully saturated rings. The number of fused-ring (bicyclic) bond motifs is 5. The van der Waals surface area contributed by atoms with Gasteiger partial charge in [0.2, 0.25) is 0 Å². The molecule has 0 aliphatic heterocycles. The van der Waals surface area contributed by atoms with Gasteiger partial charge in [0.05, 0.1) is 16.6 Å². The third kappa shape index (κ3) is 3.21. The Hall–Kier alpha value is -5.08. The summed E-state index contributed by atoms with van der Waals surface area (Å²) in [5, 5.41) is 6.31. The van der Waals surface area contributed by atoms with Crippen LogP contribution in [0, 0.1) is 0 Å². The maximum Gasteiger partial charge on any atom is 0.0547 e. The lowest BCUT2D eigenvalue weighted by atomic mass is 10.0. The Labute approximate surface area is 220 Å². The van der Waals surface area contributed by atoms with Gasteiger partial charge < -0.3 is 9.13 Å². The van der Waals surface area contributed by atoms with Crippen LogP contribution in [0.3, 0.4) is 0 Å². The molecular formula is C36H24N2. The Morgan fingerprint density at radius 1 is 0.368 bits per heavy atom. The normalized spacial score (nSPS) is 11.7. The van der Waals surface area contributed by atoms with Crippen LogP contribution in [-0.2, 0) is 0 Å². The predicted octanol–water partition coefficient (Wildman–Crippen LogP) is 9.55. The van der Waals surface area contributed by atoms with Gasteiger partial charge in [-0.1, -0.05) is 78.9 Å². The van der Waals surface area contributed by atoms with Crippen molar-refractivity contribution in [3.05, 3.63) is 146 Å². The third-order valence-corrected chi connectivity index (χ3v) is 7.71. The van der Waals surface area contributed by atoms with Crippen LogP contribution in [0.4, 0.5) is 0 Å². The Balaban J connectivity index is 1.37. The zero-order valence-electron chi connectivity index (χ0n) is 20.8. The fourth-order valence-corrected chi connectivity index (χ4v) is 5.87. The summed E-state index contributed by atoms with van der Waals surface area (Å²) in [6.45, 7) is 0. The summed E-state index contributed by atoms with van der Waals surface area (Å²) >= 11 is 0.